The van der Waals surface area contributed by atoms with Crippen LogP contribution in [-0.4, -0.2) is 77.6 Å². The first kappa shape index (κ1) is 28.9. The molecule has 2 N–H and O–H groups in total. The van der Waals surface area contributed by atoms with E-state index in [-0.39, 0.29) is 30.0 Å². The van der Waals surface area contributed by atoms with Crippen molar-refractivity contribution in [1.82, 2.24) is 15.5 Å². The molecule has 1 heterocycles. The molecule has 1 unspecified atom stereocenters. The Morgan fingerprint density at radius 1 is 1.00 bits per heavy atom. The predicted molar refractivity (Wildman–Crippen MR) is 142 cm³/mol. The fourth-order valence-corrected chi connectivity index (χ4v) is 3.79. The Bertz CT molecular complexity index is 610. The van der Waals surface area contributed by atoms with Crippen molar-refractivity contribution in [2.24, 2.45) is 4.99 Å². The number of ether oxygens (including phenoxy) is 3. The molecule has 7 nitrogen and oxygen atoms in total. The molecule has 2 rings (SSSR count). The molecule has 184 valence electrons. The summed E-state index contributed by atoms with van der Waals surface area (Å²) in [6.07, 6.45) is 5.93. The highest BCUT2D eigenvalue weighted by Gasteiger charge is 2.22. The molecular weight excluding hydrogens is 519 g/mol. The molecule has 1 aromatic rings. The highest BCUT2D eigenvalue weighted by Crippen LogP contribution is 2.26. The Balaban J connectivity index is 0.00000512. The van der Waals surface area contributed by atoms with Crippen LogP contribution in [0.1, 0.15) is 50.6 Å². The number of likely N-dealkylation sites (tertiary alicyclic amines) is 1. The van der Waals surface area contributed by atoms with Crippen molar-refractivity contribution in [1.29, 1.82) is 0 Å². The molecule has 0 aliphatic carbocycles. The molecule has 8 heteroatoms. The maximum absolute atomic E-state index is 5.53. The summed E-state index contributed by atoms with van der Waals surface area (Å²) in [7, 11) is 3.40. The second kappa shape index (κ2) is 18.3. The summed E-state index contributed by atoms with van der Waals surface area (Å²) in [5.41, 5.74) is 1.30. The van der Waals surface area contributed by atoms with Gasteiger partial charge in [0.05, 0.1) is 32.9 Å². The normalized spacial score (nSPS) is 15.7. The van der Waals surface area contributed by atoms with Crippen molar-refractivity contribution < 1.29 is 14.2 Å². The summed E-state index contributed by atoms with van der Waals surface area (Å²) in [6, 6.07) is 8.74. The van der Waals surface area contributed by atoms with Crippen molar-refractivity contribution in [3.8, 4) is 5.75 Å². The van der Waals surface area contributed by atoms with E-state index < -0.39 is 0 Å². The van der Waals surface area contributed by atoms with Gasteiger partial charge in [-0.25, -0.2) is 0 Å². The number of methoxy groups -OCH3 is 2. The quantitative estimate of drug-likeness (QED) is 0.156. The van der Waals surface area contributed by atoms with Gasteiger partial charge in [0.15, 0.2) is 5.96 Å². The van der Waals surface area contributed by atoms with Crippen LogP contribution in [0.15, 0.2) is 29.3 Å². The maximum atomic E-state index is 5.53. The van der Waals surface area contributed by atoms with E-state index in [1.807, 2.05) is 12.1 Å². The van der Waals surface area contributed by atoms with Crippen LogP contribution in [0.3, 0.4) is 0 Å². The molecule has 1 fully saturated rings. The van der Waals surface area contributed by atoms with Crippen LogP contribution >= 0.6 is 24.0 Å². The van der Waals surface area contributed by atoms with E-state index in [4.69, 9.17) is 19.2 Å². The zero-order valence-electron chi connectivity index (χ0n) is 20.1. The number of guanidine groups is 1. The number of rotatable bonds is 14. The number of aliphatic imine (C=N–C) groups is 1. The maximum Gasteiger partial charge on any atom is 0.191 e. The van der Waals surface area contributed by atoms with Gasteiger partial charge in [-0.3, -0.25) is 9.89 Å². The van der Waals surface area contributed by atoms with E-state index in [9.17, 15) is 0 Å². The van der Waals surface area contributed by atoms with Gasteiger partial charge in [-0.2, -0.15) is 0 Å². The molecule has 1 aliphatic rings. The fourth-order valence-electron chi connectivity index (χ4n) is 3.79. The van der Waals surface area contributed by atoms with Crippen LogP contribution < -0.4 is 15.4 Å². The van der Waals surface area contributed by atoms with Crippen molar-refractivity contribution >= 4 is 29.9 Å². The number of nitrogens with zero attached hydrogens (tertiary/aromatic N) is 2. The standard InChI is InChI=1S/C24H42N4O3.HI/c1-4-25-24(26-14-6-9-17-31-19-18-29-2)27-20-23(28-15-7-5-8-16-28)21-10-12-22(30-3)13-11-21;/h10-13,23H,4-9,14-20H2,1-3H3,(H2,25,26,27);1H. The van der Waals surface area contributed by atoms with Gasteiger partial charge >= 0.3 is 0 Å². The van der Waals surface area contributed by atoms with E-state index in [1.165, 1.54) is 24.8 Å². The van der Waals surface area contributed by atoms with Crippen LogP contribution in [0.2, 0.25) is 0 Å². The third-order valence-corrected chi connectivity index (χ3v) is 5.54. The van der Waals surface area contributed by atoms with E-state index in [1.54, 1.807) is 14.2 Å². The Kier molecular flexibility index (Phi) is 16.6. The van der Waals surface area contributed by atoms with Gasteiger partial charge in [-0.1, -0.05) is 18.6 Å². The van der Waals surface area contributed by atoms with Crippen molar-refractivity contribution in [2.45, 2.75) is 45.1 Å². The number of nitrogens with one attached hydrogen (secondary N) is 2. The lowest BCUT2D eigenvalue weighted by molar-refractivity contribution is 0.0689. The topological polar surface area (TPSA) is 67.4 Å². The monoisotopic (exact) mass is 562 g/mol. The predicted octanol–water partition coefficient (Wildman–Crippen LogP) is 3.84. The Hall–Kier alpha value is -1.10. The smallest absolute Gasteiger partial charge is 0.191 e. The lowest BCUT2D eigenvalue weighted by atomic mass is 10.0. The van der Waals surface area contributed by atoms with E-state index in [0.29, 0.717) is 13.2 Å². The van der Waals surface area contributed by atoms with Gasteiger partial charge in [0.2, 0.25) is 0 Å². The lowest BCUT2D eigenvalue weighted by Crippen LogP contribution is -2.40. The molecule has 0 aromatic heterocycles. The first-order valence-electron chi connectivity index (χ1n) is 11.7. The number of piperidine rings is 1. The Morgan fingerprint density at radius 3 is 2.41 bits per heavy atom. The number of benzene rings is 1. The third-order valence-electron chi connectivity index (χ3n) is 5.54. The number of hydrogen-bond acceptors (Lipinski definition) is 5. The number of hydrogen-bond donors (Lipinski definition) is 2. The van der Waals surface area contributed by atoms with Crippen LogP contribution in [0.5, 0.6) is 5.75 Å². The zero-order valence-corrected chi connectivity index (χ0v) is 22.4. The molecule has 0 amide bonds. The summed E-state index contributed by atoms with van der Waals surface area (Å²) in [5, 5.41) is 6.85. The van der Waals surface area contributed by atoms with Gasteiger partial charge in [-0.15, -0.1) is 24.0 Å². The Morgan fingerprint density at radius 2 is 1.75 bits per heavy atom. The number of unbranched alkanes of at least 4 members (excludes halogenated alkanes) is 1. The van der Waals surface area contributed by atoms with Gasteiger partial charge < -0.3 is 24.8 Å². The molecule has 1 atom stereocenters. The molecular formula is C24H43IN4O3. The van der Waals surface area contributed by atoms with Crippen molar-refractivity contribution in [3.63, 3.8) is 0 Å². The van der Waals surface area contributed by atoms with Gasteiger partial charge in [0.1, 0.15) is 5.75 Å². The first-order valence-corrected chi connectivity index (χ1v) is 11.7. The zero-order chi connectivity index (χ0) is 22.2. The minimum atomic E-state index is 0. The summed E-state index contributed by atoms with van der Waals surface area (Å²) in [4.78, 5) is 7.52. The van der Waals surface area contributed by atoms with Gasteiger partial charge in [-0.05, 0) is 63.4 Å². The molecule has 0 spiro atoms. The van der Waals surface area contributed by atoms with Crippen LogP contribution in [0.25, 0.3) is 0 Å². The highest BCUT2D eigenvalue weighted by molar-refractivity contribution is 14.0. The van der Waals surface area contributed by atoms with Crippen LogP contribution in [0, 0.1) is 0 Å². The molecule has 0 bridgehead atoms. The molecule has 0 saturated carbocycles. The summed E-state index contributed by atoms with van der Waals surface area (Å²) < 4.78 is 15.9. The summed E-state index contributed by atoms with van der Waals surface area (Å²) in [6.45, 7) is 8.94. The molecule has 1 aliphatic heterocycles. The fraction of sp³-hybridized carbons (Fsp3) is 0.708. The van der Waals surface area contributed by atoms with Crippen molar-refractivity contribution in [3.05, 3.63) is 29.8 Å². The third kappa shape index (κ3) is 11.2. The minimum Gasteiger partial charge on any atom is -0.497 e. The average Bonchev–Trinajstić information content (AvgIpc) is 2.82. The summed E-state index contributed by atoms with van der Waals surface area (Å²) in [5.74, 6) is 1.78. The lowest BCUT2D eigenvalue weighted by Gasteiger charge is -2.34. The van der Waals surface area contributed by atoms with Gasteiger partial charge in [0, 0.05) is 26.8 Å². The van der Waals surface area contributed by atoms with E-state index in [2.05, 4.69) is 34.6 Å². The van der Waals surface area contributed by atoms with Gasteiger partial charge in [0.25, 0.3) is 0 Å². The molecule has 0 radical (unpaired) electrons. The minimum absolute atomic E-state index is 0. The first-order chi connectivity index (χ1) is 15.3. The molecule has 32 heavy (non-hydrogen) atoms. The largest absolute Gasteiger partial charge is 0.497 e. The molecule has 1 aromatic carbocycles. The second-order valence-electron chi connectivity index (χ2n) is 7.84. The number of halogens is 1. The second-order valence-corrected chi connectivity index (χ2v) is 7.84. The van der Waals surface area contributed by atoms with E-state index in [0.717, 1.165) is 63.9 Å². The SMILES string of the molecule is CCNC(=NCC(c1ccc(OC)cc1)N1CCCCC1)NCCCCOCCOC.I. The van der Waals surface area contributed by atoms with Crippen molar-refractivity contribution in [2.75, 3.05) is 66.8 Å². The summed E-state index contributed by atoms with van der Waals surface area (Å²) >= 11 is 0. The van der Waals surface area contributed by atoms with E-state index >= 15 is 0 Å². The highest BCUT2D eigenvalue weighted by atomic mass is 127. The van der Waals surface area contributed by atoms with Crippen LogP contribution in [-0.2, 0) is 9.47 Å². The molecule has 1 saturated heterocycles. The Labute approximate surface area is 211 Å². The van der Waals surface area contributed by atoms with Crippen LogP contribution in [0.4, 0.5) is 0 Å². The average molecular weight is 563 g/mol.